The number of hydrogen-bond acceptors (Lipinski definition) is 5. The van der Waals surface area contributed by atoms with E-state index in [4.69, 9.17) is 0 Å². The average Bonchev–Trinajstić information content (AvgIpc) is 3.33. The van der Waals surface area contributed by atoms with E-state index in [0.717, 1.165) is 18.4 Å². The number of aliphatic hydroxyl groups excluding tert-OH is 1. The van der Waals surface area contributed by atoms with E-state index in [1.54, 1.807) is 16.7 Å². The molecule has 0 radical (unpaired) electrons. The van der Waals surface area contributed by atoms with Crippen LogP contribution in [0.25, 0.3) is 0 Å². The largest absolute Gasteiger partial charge is 0.396 e. The van der Waals surface area contributed by atoms with Gasteiger partial charge in [0.2, 0.25) is 17.7 Å². The van der Waals surface area contributed by atoms with Crippen molar-refractivity contribution in [1.29, 1.82) is 0 Å². The Balaban J connectivity index is 1.62. The van der Waals surface area contributed by atoms with Crippen LogP contribution in [0.4, 0.5) is 0 Å². The molecule has 1 aromatic carbocycles. The molecular weight excluding hydrogens is 438 g/mol. The first-order chi connectivity index (χ1) is 15.7. The summed E-state index contributed by atoms with van der Waals surface area (Å²) in [6.45, 7) is 6.81. The molecular formula is C25H35N3O4S. The molecule has 4 rings (SSSR count). The number of fused-ring (bicyclic) bond motifs is 1. The number of nitrogens with zero attached hydrogens (tertiary/aromatic N) is 1. The van der Waals surface area contributed by atoms with Crippen LogP contribution in [-0.2, 0) is 20.9 Å². The van der Waals surface area contributed by atoms with Crippen molar-refractivity contribution in [2.75, 3.05) is 13.2 Å². The summed E-state index contributed by atoms with van der Waals surface area (Å²) in [4.78, 5) is 42.4. The third kappa shape index (κ3) is 4.16. The van der Waals surface area contributed by atoms with E-state index in [0.29, 0.717) is 25.9 Å². The van der Waals surface area contributed by atoms with Crippen LogP contribution in [0, 0.1) is 11.8 Å². The molecule has 1 spiro atoms. The van der Waals surface area contributed by atoms with Crippen molar-refractivity contribution >= 4 is 29.5 Å². The number of likely N-dealkylation sites (tertiary alicyclic amines) is 1. The Morgan fingerprint density at radius 2 is 1.91 bits per heavy atom. The molecule has 1 aromatic rings. The molecule has 3 amide bonds. The van der Waals surface area contributed by atoms with Gasteiger partial charge < -0.3 is 20.6 Å². The Morgan fingerprint density at radius 3 is 2.58 bits per heavy atom. The fraction of sp³-hybridized carbons (Fsp3) is 0.640. The lowest BCUT2D eigenvalue weighted by Crippen LogP contribution is -2.55. The van der Waals surface area contributed by atoms with Gasteiger partial charge in [-0.1, -0.05) is 30.3 Å². The maximum absolute atomic E-state index is 13.8. The standard InChI is InChI=1S/C25H35N3O4S/c1-16(2)27-22(31)20-25-12-11-24(3,33-25)18(19(25)23(32)28(20)13-7-8-14-29)21(30)26-15-17-9-5-4-6-10-17/h4-6,9-10,16,18-20,29H,7-8,11-15H2,1-3H3,(H,26,30)(H,27,31)/t18-,19+,20?,24+,25?/m1/s1. The Labute approximate surface area is 200 Å². The Morgan fingerprint density at radius 1 is 1.18 bits per heavy atom. The van der Waals surface area contributed by atoms with Gasteiger partial charge in [-0.2, -0.15) is 0 Å². The number of rotatable bonds is 9. The molecule has 3 N–H and O–H groups in total. The Kier molecular flexibility index (Phi) is 6.78. The zero-order chi connectivity index (χ0) is 23.8. The van der Waals surface area contributed by atoms with E-state index in [1.807, 2.05) is 44.2 Å². The van der Waals surface area contributed by atoms with Gasteiger partial charge in [0.15, 0.2) is 0 Å². The predicted octanol–water partition coefficient (Wildman–Crippen LogP) is 2.08. The molecule has 5 atom stereocenters. The van der Waals surface area contributed by atoms with Crippen LogP contribution in [0.3, 0.4) is 0 Å². The van der Waals surface area contributed by atoms with Crippen LogP contribution in [0.5, 0.6) is 0 Å². The molecule has 0 aliphatic carbocycles. The minimum atomic E-state index is -0.588. The summed E-state index contributed by atoms with van der Waals surface area (Å²) >= 11 is 1.69. The number of amides is 3. The summed E-state index contributed by atoms with van der Waals surface area (Å²) in [5, 5.41) is 15.3. The molecule has 3 fully saturated rings. The number of nitrogens with one attached hydrogen (secondary N) is 2. The summed E-state index contributed by atoms with van der Waals surface area (Å²) in [5.41, 5.74) is 1.01. The number of carbonyl (C=O) groups excluding carboxylic acids is 3. The van der Waals surface area contributed by atoms with Gasteiger partial charge in [0, 0.05) is 30.5 Å². The molecule has 0 saturated carbocycles. The molecule has 3 saturated heterocycles. The molecule has 3 aliphatic rings. The van der Waals surface area contributed by atoms with Crippen LogP contribution in [0.1, 0.15) is 52.0 Å². The molecule has 0 aromatic heterocycles. The number of thioether (sulfide) groups is 1. The maximum atomic E-state index is 13.8. The van der Waals surface area contributed by atoms with Crippen molar-refractivity contribution in [1.82, 2.24) is 15.5 Å². The van der Waals surface area contributed by atoms with Crippen LogP contribution in [0.15, 0.2) is 30.3 Å². The Bertz CT molecular complexity index is 910. The lowest BCUT2D eigenvalue weighted by molar-refractivity contribution is -0.140. The monoisotopic (exact) mass is 473 g/mol. The van der Waals surface area contributed by atoms with Gasteiger partial charge in [0.05, 0.1) is 16.6 Å². The minimum absolute atomic E-state index is 0.0356. The van der Waals surface area contributed by atoms with Crippen LogP contribution in [-0.4, -0.2) is 62.5 Å². The normalized spacial score (nSPS) is 32.3. The zero-order valence-electron chi connectivity index (χ0n) is 19.7. The van der Waals surface area contributed by atoms with Crippen molar-refractivity contribution < 1.29 is 19.5 Å². The van der Waals surface area contributed by atoms with Gasteiger partial charge in [-0.25, -0.2) is 0 Å². The first-order valence-electron chi connectivity index (χ1n) is 12.0. The summed E-state index contributed by atoms with van der Waals surface area (Å²) in [7, 11) is 0. The second kappa shape index (κ2) is 9.29. The number of hydrogen-bond donors (Lipinski definition) is 3. The zero-order valence-corrected chi connectivity index (χ0v) is 20.5. The maximum Gasteiger partial charge on any atom is 0.244 e. The highest BCUT2D eigenvalue weighted by atomic mass is 32.2. The molecule has 2 bridgehead atoms. The first kappa shape index (κ1) is 24.1. The summed E-state index contributed by atoms with van der Waals surface area (Å²) < 4.78 is -0.951. The topological polar surface area (TPSA) is 98.7 Å². The van der Waals surface area contributed by atoms with Crippen LogP contribution in [0.2, 0.25) is 0 Å². The van der Waals surface area contributed by atoms with Crippen molar-refractivity contribution in [3.8, 4) is 0 Å². The smallest absolute Gasteiger partial charge is 0.244 e. The van der Waals surface area contributed by atoms with Gasteiger partial charge in [-0.15, -0.1) is 11.8 Å². The lowest BCUT2D eigenvalue weighted by Gasteiger charge is -2.35. The molecule has 8 heteroatoms. The third-order valence-electron chi connectivity index (χ3n) is 7.36. The molecule has 3 heterocycles. The second-order valence-corrected chi connectivity index (χ2v) is 12.0. The number of benzene rings is 1. The number of unbranched alkanes of at least 4 members (excludes halogenated alkanes) is 1. The van der Waals surface area contributed by atoms with Gasteiger partial charge in [0.25, 0.3) is 0 Å². The predicted molar refractivity (Wildman–Crippen MR) is 128 cm³/mol. The van der Waals surface area contributed by atoms with Gasteiger partial charge >= 0.3 is 0 Å². The van der Waals surface area contributed by atoms with Crippen molar-refractivity contribution in [2.45, 2.75) is 74.6 Å². The van der Waals surface area contributed by atoms with Crippen molar-refractivity contribution in [3.05, 3.63) is 35.9 Å². The number of aliphatic hydroxyl groups is 1. The van der Waals surface area contributed by atoms with E-state index < -0.39 is 22.6 Å². The van der Waals surface area contributed by atoms with E-state index >= 15 is 0 Å². The quantitative estimate of drug-likeness (QED) is 0.477. The summed E-state index contributed by atoms with van der Waals surface area (Å²) in [5.74, 6) is -1.30. The third-order valence-corrected chi connectivity index (χ3v) is 9.34. The van der Waals surface area contributed by atoms with Crippen LogP contribution < -0.4 is 10.6 Å². The fourth-order valence-corrected chi connectivity index (χ4v) is 8.38. The van der Waals surface area contributed by atoms with Gasteiger partial charge in [0.1, 0.15) is 6.04 Å². The molecule has 3 aliphatic heterocycles. The lowest BCUT2D eigenvalue weighted by atomic mass is 9.66. The average molecular weight is 474 g/mol. The fourth-order valence-electron chi connectivity index (χ4n) is 6.02. The highest BCUT2D eigenvalue weighted by Gasteiger charge is 2.76. The highest BCUT2D eigenvalue weighted by Crippen LogP contribution is 2.71. The SMILES string of the molecule is CC(C)NC(=O)C1N(CCCCO)C(=O)[C@@H]2[C@H](C(=O)NCc3ccccc3)[C@]3(C)CCC12S3. The van der Waals surface area contributed by atoms with Crippen molar-refractivity contribution in [3.63, 3.8) is 0 Å². The Hall–Kier alpha value is -2.06. The van der Waals surface area contributed by atoms with Crippen LogP contribution >= 0.6 is 11.8 Å². The summed E-state index contributed by atoms with van der Waals surface area (Å²) in [6.07, 6.45) is 2.76. The minimum Gasteiger partial charge on any atom is -0.396 e. The highest BCUT2D eigenvalue weighted by molar-refractivity contribution is 8.02. The van der Waals surface area contributed by atoms with E-state index in [2.05, 4.69) is 17.6 Å². The molecule has 33 heavy (non-hydrogen) atoms. The molecule has 7 nitrogen and oxygen atoms in total. The van der Waals surface area contributed by atoms with Crippen molar-refractivity contribution in [2.24, 2.45) is 11.8 Å². The summed E-state index contributed by atoms with van der Waals surface area (Å²) in [6, 6.07) is 9.13. The second-order valence-electron chi connectivity index (χ2n) is 10.1. The number of carbonyl (C=O) groups is 3. The molecule has 2 unspecified atom stereocenters. The first-order valence-corrected chi connectivity index (χ1v) is 12.8. The van der Waals surface area contributed by atoms with Gasteiger partial charge in [-0.3, -0.25) is 14.4 Å². The van der Waals surface area contributed by atoms with E-state index in [9.17, 15) is 19.5 Å². The van der Waals surface area contributed by atoms with Gasteiger partial charge in [-0.05, 0) is 52.0 Å². The van der Waals surface area contributed by atoms with E-state index in [1.165, 1.54) is 0 Å². The molecule has 180 valence electrons. The van der Waals surface area contributed by atoms with E-state index in [-0.39, 0.29) is 35.1 Å².